The second-order valence-corrected chi connectivity index (χ2v) is 5.16. The number of hydrogen-bond donors (Lipinski definition) is 1. The van der Waals surface area contributed by atoms with Gasteiger partial charge >= 0.3 is 0 Å². The number of piperidine rings is 1. The Balaban J connectivity index is 2.08. The van der Waals surface area contributed by atoms with Crippen LogP contribution < -0.4 is 5.32 Å². The first-order valence-electron chi connectivity index (χ1n) is 7.23. The van der Waals surface area contributed by atoms with Gasteiger partial charge in [0.1, 0.15) is 0 Å². The van der Waals surface area contributed by atoms with Gasteiger partial charge in [-0.3, -0.25) is 4.79 Å². The van der Waals surface area contributed by atoms with E-state index in [0.29, 0.717) is 18.7 Å². The molecule has 1 saturated heterocycles. The number of amides is 1. The molecule has 2 rings (SSSR count). The van der Waals surface area contributed by atoms with Crippen molar-refractivity contribution in [2.75, 3.05) is 19.6 Å². The number of nitrogens with zero attached hydrogens (tertiary/aromatic N) is 2. The smallest absolute Gasteiger partial charge is 0.227 e. The third-order valence-electron chi connectivity index (χ3n) is 3.84. The molecule has 20 heavy (non-hydrogen) atoms. The number of benzene rings is 1. The number of carbonyl (C=O) groups excluding carboxylic acids is 1. The maximum atomic E-state index is 12.5. The van der Waals surface area contributed by atoms with E-state index in [4.69, 9.17) is 5.26 Å². The Bertz CT molecular complexity index is 501. The standard InChI is InChI=1S/C16H21N3O/c1-2-19(16(20)14-8-5-9-18-11-14)12-15-7-4-3-6-13(15)10-17/h3-4,6-7,14,18H,2,5,8-9,11-12H2,1H3/t14-/m0/s1. The summed E-state index contributed by atoms with van der Waals surface area (Å²) in [5.74, 6) is 0.283. The van der Waals surface area contributed by atoms with E-state index in [1.54, 1.807) is 6.07 Å². The van der Waals surface area contributed by atoms with E-state index < -0.39 is 0 Å². The molecule has 106 valence electrons. The van der Waals surface area contributed by atoms with E-state index in [2.05, 4.69) is 11.4 Å². The van der Waals surface area contributed by atoms with Crippen LogP contribution in [0, 0.1) is 17.2 Å². The summed E-state index contributed by atoms with van der Waals surface area (Å²) in [6.45, 7) is 4.97. The summed E-state index contributed by atoms with van der Waals surface area (Å²) in [6.07, 6.45) is 2.02. The molecule has 0 radical (unpaired) electrons. The first-order valence-corrected chi connectivity index (χ1v) is 7.23. The average Bonchev–Trinajstić information content (AvgIpc) is 2.53. The van der Waals surface area contributed by atoms with Gasteiger partial charge < -0.3 is 10.2 Å². The van der Waals surface area contributed by atoms with Crippen LogP contribution in [0.5, 0.6) is 0 Å². The summed E-state index contributed by atoms with van der Waals surface area (Å²) in [7, 11) is 0. The van der Waals surface area contributed by atoms with Gasteiger partial charge in [0, 0.05) is 19.6 Å². The Hall–Kier alpha value is -1.86. The lowest BCUT2D eigenvalue weighted by Gasteiger charge is -2.29. The zero-order valence-electron chi connectivity index (χ0n) is 11.9. The molecule has 1 aromatic rings. The van der Waals surface area contributed by atoms with Crippen LogP contribution in [0.15, 0.2) is 24.3 Å². The molecule has 0 saturated carbocycles. The van der Waals surface area contributed by atoms with Gasteiger partial charge in [-0.15, -0.1) is 0 Å². The first kappa shape index (κ1) is 14.5. The highest BCUT2D eigenvalue weighted by Crippen LogP contribution is 2.17. The third-order valence-corrected chi connectivity index (χ3v) is 3.84. The Labute approximate surface area is 120 Å². The number of nitrogens with one attached hydrogen (secondary N) is 1. The van der Waals surface area contributed by atoms with Gasteiger partial charge in [-0.25, -0.2) is 0 Å². The van der Waals surface area contributed by atoms with Crippen LogP contribution in [-0.4, -0.2) is 30.4 Å². The SMILES string of the molecule is CCN(Cc1ccccc1C#N)C(=O)[C@H]1CCCNC1. The van der Waals surface area contributed by atoms with Crippen molar-refractivity contribution >= 4 is 5.91 Å². The minimum atomic E-state index is 0.0814. The van der Waals surface area contributed by atoms with E-state index in [1.165, 1.54) is 0 Å². The van der Waals surface area contributed by atoms with Crippen LogP contribution in [-0.2, 0) is 11.3 Å². The lowest BCUT2D eigenvalue weighted by atomic mass is 9.97. The van der Waals surface area contributed by atoms with Crippen molar-refractivity contribution < 1.29 is 4.79 Å². The third kappa shape index (κ3) is 3.37. The summed E-state index contributed by atoms with van der Waals surface area (Å²) in [5, 5.41) is 12.4. The molecule has 0 unspecified atom stereocenters. The predicted molar refractivity (Wildman–Crippen MR) is 77.8 cm³/mol. The predicted octanol–water partition coefficient (Wildman–Crippen LogP) is 1.91. The molecule has 1 heterocycles. The highest BCUT2D eigenvalue weighted by Gasteiger charge is 2.25. The molecule has 0 aliphatic carbocycles. The normalized spacial score (nSPS) is 18.3. The zero-order valence-corrected chi connectivity index (χ0v) is 11.9. The molecule has 1 aliphatic rings. The number of carbonyl (C=O) groups is 1. The molecule has 1 amide bonds. The molecular weight excluding hydrogens is 250 g/mol. The molecule has 4 heteroatoms. The van der Waals surface area contributed by atoms with E-state index in [1.807, 2.05) is 30.0 Å². The van der Waals surface area contributed by atoms with Gasteiger partial charge in [0.2, 0.25) is 5.91 Å². The summed E-state index contributed by atoms with van der Waals surface area (Å²) < 4.78 is 0. The molecule has 0 spiro atoms. The van der Waals surface area contributed by atoms with Crippen molar-refractivity contribution in [1.29, 1.82) is 5.26 Å². The number of nitriles is 1. The van der Waals surface area contributed by atoms with Gasteiger partial charge in [-0.05, 0) is 37.9 Å². The van der Waals surface area contributed by atoms with E-state index in [0.717, 1.165) is 31.5 Å². The monoisotopic (exact) mass is 271 g/mol. The largest absolute Gasteiger partial charge is 0.338 e. The van der Waals surface area contributed by atoms with Crippen LogP contribution in [0.2, 0.25) is 0 Å². The highest BCUT2D eigenvalue weighted by molar-refractivity contribution is 5.79. The molecule has 1 aliphatic heterocycles. The minimum absolute atomic E-state index is 0.0814. The Morgan fingerprint density at radius 1 is 1.50 bits per heavy atom. The second kappa shape index (κ2) is 7.06. The molecule has 0 aromatic heterocycles. The zero-order chi connectivity index (χ0) is 14.4. The summed E-state index contributed by atoms with van der Waals surface area (Å²) in [6, 6.07) is 9.68. The number of rotatable bonds is 4. The topological polar surface area (TPSA) is 56.1 Å². The van der Waals surface area contributed by atoms with Gasteiger partial charge in [-0.2, -0.15) is 5.26 Å². The fourth-order valence-electron chi connectivity index (χ4n) is 2.64. The van der Waals surface area contributed by atoms with Crippen LogP contribution in [0.25, 0.3) is 0 Å². The van der Waals surface area contributed by atoms with Crippen molar-refractivity contribution in [1.82, 2.24) is 10.2 Å². The summed E-state index contributed by atoms with van der Waals surface area (Å²) in [4.78, 5) is 14.4. The van der Waals surface area contributed by atoms with Crippen LogP contribution >= 0.6 is 0 Å². The quantitative estimate of drug-likeness (QED) is 0.910. The van der Waals surface area contributed by atoms with Crippen LogP contribution in [0.3, 0.4) is 0 Å². The second-order valence-electron chi connectivity index (χ2n) is 5.16. The number of hydrogen-bond acceptors (Lipinski definition) is 3. The van der Waals surface area contributed by atoms with Gasteiger partial charge in [-0.1, -0.05) is 18.2 Å². The summed E-state index contributed by atoms with van der Waals surface area (Å²) in [5.41, 5.74) is 1.58. The molecule has 1 N–H and O–H groups in total. The molecule has 1 aromatic carbocycles. The molecule has 1 fully saturated rings. The van der Waals surface area contributed by atoms with Gasteiger partial charge in [0.05, 0.1) is 17.6 Å². The van der Waals surface area contributed by atoms with Crippen LogP contribution in [0.1, 0.15) is 30.9 Å². The van der Waals surface area contributed by atoms with E-state index in [-0.39, 0.29) is 11.8 Å². The molecule has 1 atom stereocenters. The Morgan fingerprint density at radius 3 is 2.95 bits per heavy atom. The lowest BCUT2D eigenvalue weighted by Crippen LogP contribution is -2.42. The molecule has 4 nitrogen and oxygen atoms in total. The van der Waals surface area contributed by atoms with E-state index in [9.17, 15) is 4.79 Å². The van der Waals surface area contributed by atoms with Gasteiger partial charge in [0.25, 0.3) is 0 Å². The van der Waals surface area contributed by atoms with Crippen molar-refractivity contribution in [3.8, 4) is 6.07 Å². The molecule has 0 bridgehead atoms. The molecular formula is C16H21N3O. The van der Waals surface area contributed by atoms with E-state index >= 15 is 0 Å². The highest BCUT2D eigenvalue weighted by atomic mass is 16.2. The van der Waals surface area contributed by atoms with Gasteiger partial charge in [0.15, 0.2) is 0 Å². The lowest BCUT2D eigenvalue weighted by molar-refractivity contribution is -0.136. The van der Waals surface area contributed by atoms with Crippen molar-refractivity contribution in [3.63, 3.8) is 0 Å². The van der Waals surface area contributed by atoms with Crippen molar-refractivity contribution in [3.05, 3.63) is 35.4 Å². The maximum absolute atomic E-state index is 12.5. The minimum Gasteiger partial charge on any atom is -0.338 e. The Morgan fingerprint density at radius 2 is 2.30 bits per heavy atom. The summed E-state index contributed by atoms with van der Waals surface area (Å²) >= 11 is 0. The Kier molecular flexibility index (Phi) is 5.14. The van der Waals surface area contributed by atoms with Crippen molar-refractivity contribution in [2.45, 2.75) is 26.3 Å². The fraction of sp³-hybridized carbons (Fsp3) is 0.500. The van der Waals surface area contributed by atoms with Crippen LogP contribution in [0.4, 0.5) is 0 Å². The van der Waals surface area contributed by atoms with Crippen molar-refractivity contribution in [2.24, 2.45) is 5.92 Å². The fourth-order valence-corrected chi connectivity index (χ4v) is 2.64. The first-order chi connectivity index (χ1) is 9.76. The maximum Gasteiger partial charge on any atom is 0.227 e. The average molecular weight is 271 g/mol.